The first-order valence-corrected chi connectivity index (χ1v) is 5.76. The number of carbonyl (C=O) groups is 1. The summed E-state index contributed by atoms with van der Waals surface area (Å²) in [5.41, 5.74) is 0.217. The highest BCUT2D eigenvalue weighted by atomic mass is 16.3. The first-order chi connectivity index (χ1) is 8.63. The van der Waals surface area contributed by atoms with E-state index in [0.717, 1.165) is 5.39 Å². The number of rotatable bonds is 3. The van der Waals surface area contributed by atoms with Crippen molar-refractivity contribution < 1.29 is 15.0 Å². The molecule has 2 rings (SSSR count). The van der Waals surface area contributed by atoms with Crippen LogP contribution < -0.4 is 5.32 Å². The number of phenols is 1. The molecule has 0 bridgehead atoms. The number of amides is 1. The molecule has 0 unspecified atom stereocenters. The van der Waals surface area contributed by atoms with E-state index in [0.29, 0.717) is 5.39 Å². The number of benzene rings is 2. The van der Waals surface area contributed by atoms with Gasteiger partial charge in [0.15, 0.2) is 0 Å². The summed E-state index contributed by atoms with van der Waals surface area (Å²) in [6.07, 6.45) is 0. The summed E-state index contributed by atoms with van der Waals surface area (Å²) in [6.45, 7) is 1.55. The fraction of sp³-hybridized carbons (Fsp3) is 0.214. The van der Waals surface area contributed by atoms with Gasteiger partial charge >= 0.3 is 0 Å². The van der Waals surface area contributed by atoms with E-state index >= 15 is 0 Å². The minimum absolute atomic E-state index is 0.0317. The number of phenolic OH excluding ortho intramolecular Hbond substituents is 1. The molecule has 3 N–H and O–H groups in total. The Kier molecular flexibility index (Phi) is 3.48. The maximum atomic E-state index is 11.9. The van der Waals surface area contributed by atoms with E-state index < -0.39 is 0 Å². The summed E-state index contributed by atoms with van der Waals surface area (Å²) >= 11 is 0. The SMILES string of the molecule is C[C@@H](CO)NC(=O)c1ccc2ccccc2c1O. The van der Waals surface area contributed by atoms with Crippen molar-refractivity contribution in [3.8, 4) is 5.75 Å². The maximum absolute atomic E-state index is 11.9. The van der Waals surface area contributed by atoms with Gasteiger partial charge in [0.1, 0.15) is 5.75 Å². The predicted octanol–water partition coefficient (Wildman–Crippen LogP) is 1.66. The lowest BCUT2D eigenvalue weighted by Gasteiger charge is -2.12. The first kappa shape index (κ1) is 12.4. The Morgan fingerprint density at radius 1 is 1.28 bits per heavy atom. The lowest BCUT2D eigenvalue weighted by molar-refractivity contribution is 0.0920. The summed E-state index contributed by atoms with van der Waals surface area (Å²) in [7, 11) is 0. The minimum Gasteiger partial charge on any atom is -0.506 e. The zero-order valence-electron chi connectivity index (χ0n) is 10.1. The molecule has 0 aliphatic rings. The van der Waals surface area contributed by atoms with Crippen molar-refractivity contribution in [1.82, 2.24) is 5.32 Å². The molecule has 0 radical (unpaired) electrons. The van der Waals surface area contributed by atoms with E-state index in [1.165, 1.54) is 0 Å². The number of aliphatic hydroxyl groups excluding tert-OH is 1. The number of aromatic hydroxyl groups is 1. The largest absolute Gasteiger partial charge is 0.506 e. The number of nitrogens with one attached hydrogen (secondary N) is 1. The van der Waals surface area contributed by atoms with Crippen LogP contribution in [0.2, 0.25) is 0 Å². The molecule has 0 fully saturated rings. The number of fused-ring (bicyclic) bond motifs is 1. The molecule has 1 atom stereocenters. The molecule has 4 nitrogen and oxygen atoms in total. The molecule has 1 amide bonds. The molecule has 4 heteroatoms. The van der Waals surface area contributed by atoms with Gasteiger partial charge in [-0.15, -0.1) is 0 Å². The summed E-state index contributed by atoms with van der Waals surface area (Å²) in [4.78, 5) is 11.9. The third kappa shape index (κ3) is 2.28. The van der Waals surface area contributed by atoms with Crippen molar-refractivity contribution in [2.75, 3.05) is 6.61 Å². The van der Waals surface area contributed by atoms with Gasteiger partial charge in [0.2, 0.25) is 0 Å². The van der Waals surface area contributed by atoms with Crippen LogP contribution in [0.1, 0.15) is 17.3 Å². The van der Waals surface area contributed by atoms with Crippen LogP contribution in [0, 0.1) is 0 Å². The predicted molar refractivity (Wildman–Crippen MR) is 69.6 cm³/mol. The van der Waals surface area contributed by atoms with Crippen LogP contribution in [-0.4, -0.2) is 28.8 Å². The molecule has 0 spiro atoms. The average Bonchev–Trinajstić information content (AvgIpc) is 2.39. The molecule has 0 heterocycles. The normalized spacial score (nSPS) is 12.3. The highest BCUT2D eigenvalue weighted by Gasteiger charge is 2.15. The Morgan fingerprint density at radius 3 is 2.72 bits per heavy atom. The molecule has 0 aromatic heterocycles. The Balaban J connectivity index is 2.40. The maximum Gasteiger partial charge on any atom is 0.255 e. The van der Waals surface area contributed by atoms with Gasteiger partial charge in [-0.2, -0.15) is 0 Å². The van der Waals surface area contributed by atoms with Crippen molar-refractivity contribution in [2.24, 2.45) is 0 Å². The third-order valence-corrected chi connectivity index (χ3v) is 2.80. The van der Waals surface area contributed by atoms with E-state index in [1.807, 2.05) is 12.1 Å². The van der Waals surface area contributed by atoms with Crippen molar-refractivity contribution in [1.29, 1.82) is 0 Å². The van der Waals surface area contributed by atoms with Gasteiger partial charge in [0.25, 0.3) is 5.91 Å². The molecule has 94 valence electrons. The molecule has 18 heavy (non-hydrogen) atoms. The van der Waals surface area contributed by atoms with Gasteiger partial charge in [-0.1, -0.05) is 30.3 Å². The quantitative estimate of drug-likeness (QED) is 0.770. The molecule has 0 saturated carbocycles. The van der Waals surface area contributed by atoms with Crippen molar-refractivity contribution in [3.05, 3.63) is 42.0 Å². The Labute approximate surface area is 105 Å². The summed E-state index contributed by atoms with van der Waals surface area (Å²) in [5, 5.41) is 23.1. The number of hydrogen-bond donors (Lipinski definition) is 3. The molecule has 2 aromatic rings. The highest BCUT2D eigenvalue weighted by molar-refractivity contribution is 6.03. The van der Waals surface area contributed by atoms with Crippen molar-refractivity contribution in [3.63, 3.8) is 0 Å². The van der Waals surface area contributed by atoms with E-state index in [1.54, 1.807) is 31.2 Å². The van der Waals surface area contributed by atoms with Crippen molar-refractivity contribution in [2.45, 2.75) is 13.0 Å². The number of hydrogen-bond acceptors (Lipinski definition) is 3. The van der Waals surface area contributed by atoms with Gasteiger partial charge in [-0.3, -0.25) is 4.79 Å². The Hall–Kier alpha value is -2.07. The second kappa shape index (κ2) is 5.06. The smallest absolute Gasteiger partial charge is 0.255 e. The van der Waals surface area contributed by atoms with Crippen LogP contribution in [0.4, 0.5) is 0 Å². The third-order valence-electron chi connectivity index (χ3n) is 2.80. The Morgan fingerprint density at radius 2 is 2.00 bits per heavy atom. The first-order valence-electron chi connectivity index (χ1n) is 5.76. The Bertz CT molecular complexity index is 580. The molecule has 2 aromatic carbocycles. The van der Waals surface area contributed by atoms with Crippen LogP contribution >= 0.6 is 0 Å². The van der Waals surface area contributed by atoms with Crippen LogP contribution in [0.15, 0.2) is 36.4 Å². The summed E-state index contributed by atoms with van der Waals surface area (Å²) < 4.78 is 0. The molecular formula is C14H15NO3. The van der Waals surface area contributed by atoms with E-state index in [4.69, 9.17) is 5.11 Å². The topological polar surface area (TPSA) is 69.6 Å². The van der Waals surface area contributed by atoms with E-state index in [-0.39, 0.29) is 29.9 Å². The van der Waals surface area contributed by atoms with E-state index in [2.05, 4.69) is 5.32 Å². The molecule has 0 aliphatic heterocycles. The summed E-state index contributed by atoms with van der Waals surface area (Å²) in [5.74, 6) is -0.421. The van der Waals surface area contributed by atoms with Gasteiger partial charge < -0.3 is 15.5 Å². The van der Waals surface area contributed by atoms with Crippen LogP contribution in [0.5, 0.6) is 5.75 Å². The zero-order chi connectivity index (χ0) is 13.1. The fourth-order valence-corrected chi connectivity index (χ4v) is 1.79. The van der Waals surface area contributed by atoms with Gasteiger partial charge in [0, 0.05) is 11.4 Å². The van der Waals surface area contributed by atoms with Gasteiger partial charge in [-0.05, 0) is 18.4 Å². The second-order valence-corrected chi connectivity index (χ2v) is 4.24. The lowest BCUT2D eigenvalue weighted by Crippen LogP contribution is -2.35. The number of carbonyl (C=O) groups excluding carboxylic acids is 1. The van der Waals surface area contributed by atoms with E-state index in [9.17, 15) is 9.90 Å². The van der Waals surface area contributed by atoms with Crippen LogP contribution in [0.25, 0.3) is 10.8 Å². The zero-order valence-corrected chi connectivity index (χ0v) is 10.1. The van der Waals surface area contributed by atoms with Crippen LogP contribution in [-0.2, 0) is 0 Å². The lowest BCUT2D eigenvalue weighted by atomic mass is 10.0. The average molecular weight is 245 g/mol. The highest BCUT2D eigenvalue weighted by Crippen LogP contribution is 2.28. The van der Waals surface area contributed by atoms with Gasteiger partial charge in [0.05, 0.1) is 12.2 Å². The molecular weight excluding hydrogens is 230 g/mol. The van der Waals surface area contributed by atoms with Crippen LogP contribution in [0.3, 0.4) is 0 Å². The molecule has 0 aliphatic carbocycles. The monoisotopic (exact) mass is 245 g/mol. The number of aliphatic hydroxyl groups is 1. The summed E-state index contributed by atoms with van der Waals surface area (Å²) in [6, 6.07) is 10.3. The second-order valence-electron chi connectivity index (χ2n) is 4.24. The fourth-order valence-electron chi connectivity index (χ4n) is 1.79. The molecule has 0 saturated heterocycles. The van der Waals surface area contributed by atoms with Gasteiger partial charge in [-0.25, -0.2) is 0 Å². The minimum atomic E-state index is -0.389. The van der Waals surface area contributed by atoms with Crippen molar-refractivity contribution >= 4 is 16.7 Å². The standard InChI is InChI=1S/C14H15NO3/c1-9(8-16)15-14(18)12-7-6-10-4-2-3-5-11(10)13(12)17/h2-7,9,16-17H,8H2,1H3,(H,15,18)/t9-/m0/s1.